The van der Waals surface area contributed by atoms with Crippen LogP contribution in [0.4, 0.5) is 14.5 Å². The van der Waals surface area contributed by atoms with Gasteiger partial charge in [0.25, 0.3) is 5.91 Å². The van der Waals surface area contributed by atoms with Gasteiger partial charge < -0.3 is 19.7 Å². The van der Waals surface area contributed by atoms with E-state index in [1.165, 1.54) is 31.5 Å². The van der Waals surface area contributed by atoms with E-state index in [4.69, 9.17) is 10.00 Å². The lowest BCUT2D eigenvalue weighted by atomic mass is 10.0. The first kappa shape index (κ1) is 21.7. The first-order valence-corrected chi connectivity index (χ1v) is 10.1. The van der Waals surface area contributed by atoms with Crippen LogP contribution in [0.15, 0.2) is 23.2 Å². The fourth-order valence-corrected chi connectivity index (χ4v) is 4.46. The Hall–Kier alpha value is -3.01. The zero-order valence-electron chi connectivity index (χ0n) is 16.2. The number of aryl methyl sites for hydroxylation is 1. The third-order valence-corrected chi connectivity index (χ3v) is 6.07. The Balaban J connectivity index is 2.02. The van der Waals surface area contributed by atoms with E-state index < -0.39 is 50.5 Å². The minimum Gasteiger partial charge on any atom is -0.488 e. The number of ether oxygens (including phenoxy) is 1. The average molecular weight is 440 g/mol. The summed E-state index contributed by atoms with van der Waals surface area (Å²) in [6.07, 6.45) is 1.14. The number of nitrogens with one attached hydrogen (secondary N) is 2. The smallest absolute Gasteiger partial charge is 0.276 e. The van der Waals surface area contributed by atoms with Gasteiger partial charge in [0, 0.05) is 13.2 Å². The van der Waals surface area contributed by atoms with Crippen molar-refractivity contribution in [1.29, 1.82) is 5.26 Å². The highest BCUT2D eigenvalue weighted by Crippen LogP contribution is 2.34. The number of aromatic nitrogens is 1. The van der Waals surface area contributed by atoms with Crippen LogP contribution in [0.5, 0.6) is 5.75 Å². The van der Waals surface area contributed by atoms with Crippen molar-refractivity contribution in [1.82, 2.24) is 9.29 Å². The van der Waals surface area contributed by atoms with Crippen LogP contribution in [0, 0.1) is 23.0 Å². The van der Waals surface area contributed by atoms with Crippen molar-refractivity contribution in [2.45, 2.75) is 30.4 Å². The van der Waals surface area contributed by atoms with E-state index in [9.17, 15) is 27.1 Å². The SMILES string of the molecule is Cn1cc2c(c1C(=O)Nc1ccc(F)c(C#N)c1F)OCC(C(C)(C)O)NS2(=O)=O. The van der Waals surface area contributed by atoms with Crippen LogP contribution in [-0.2, 0) is 17.1 Å². The van der Waals surface area contributed by atoms with Crippen molar-refractivity contribution >= 4 is 21.6 Å². The van der Waals surface area contributed by atoms with Crippen LogP contribution in [0.2, 0.25) is 0 Å². The molecule has 0 saturated carbocycles. The first-order chi connectivity index (χ1) is 13.9. The quantitative estimate of drug-likeness (QED) is 0.658. The molecule has 30 heavy (non-hydrogen) atoms. The van der Waals surface area contributed by atoms with E-state index in [2.05, 4.69) is 10.0 Å². The molecule has 0 radical (unpaired) electrons. The Bertz CT molecular complexity index is 1180. The molecule has 3 N–H and O–H groups in total. The standard InChI is InChI=1S/C18H18F2N4O5S/c1-18(2,26)13-8-29-16-12(30(27,28)23-13)7-24(3)15(16)17(25)22-11-5-4-10(19)9(6-21)14(11)20/h4-5,7,13,23,26H,8H2,1-3H3,(H,22,25). The lowest BCUT2D eigenvalue weighted by Crippen LogP contribution is -2.51. The van der Waals surface area contributed by atoms with Gasteiger partial charge in [0.05, 0.1) is 17.3 Å². The van der Waals surface area contributed by atoms with E-state index in [1.54, 1.807) is 0 Å². The summed E-state index contributed by atoms with van der Waals surface area (Å²) in [5.41, 5.74) is -3.02. The number of nitriles is 1. The van der Waals surface area contributed by atoms with E-state index in [-0.39, 0.29) is 22.9 Å². The zero-order valence-corrected chi connectivity index (χ0v) is 17.0. The molecule has 3 rings (SSSR count). The van der Waals surface area contributed by atoms with Gasteiger partial charge in [0.15, 0.2) is 17.3 Å². The number of hydrogen-bond acceptors (Lipinski definition) is 6. The zero-order chi connectivity index (χ0) is 22.4. The van der Waals surface area contributed by atoms with Crippen molar-refractivity contribution in [2.24, 2.45) is 7.05 Å². The molecule has 12 heteroatoms. The summed E-state index contributed by atoms with van der Waals surface area (Å²) < 4.78 is 62.2. The molecule has 2 heterocycles. The van der Waals surface area contributed by atoms with E-state index >= 15 is 0 Å². The van der Waals surface area contributed by atoms with Gasteiger partial charge in [0.2, 0.25) is 10.0 Å². The predicted molar refractivity (Wildman–Crippen MR) is 100 cm³/mol. The molecule has 0 bridgehead atoms. The molecule has 9 nitrogen and oxygen atoms in total. The van der Waals surface area contributed by atoms with Crippen LogP contribution < -0.4 is 14.8 Å². The van der Waals surface area contributed by atoms with Gasteiger partial charge in [-0.05, 0) is 26.0 Å². The van der Waals surface area contributed by atoms with Crippen LogP contribution >= 0.6 is 0 Å². The van der Waals surface area contributed by atoms with Crippen molar-refractivity contribution in [2.75, 3.05) is 11.9 Å². The summed E-state index contributed by atoms with van der Waals surface area (Å²) in [5.74, 6) is -3.57. The molecule has 160 valence electrons. The van der Waals surface area contributed by atoms with Crippen molar-refractivity contribution in [3.05, 3.63) is 41.2 Å². The molecular formula is C18H18F2N4O5S. The van der Waals surface area contributed by atoms with Crippen LogP contribution in [0.25, 0.3) is 0 Å². The Morgan fingerprint density at radius 3 is 2.70 bits per heavy atom. The summed E-state index contributed by atoms with van der Waals surface area (Å²) in [5, 5.41) is 21.2. The monoisotopic (exact) mass is 440 g/mol. The van der Waals surface area contributed by atoms with Crippen LogP contribution in [0.1, 0.15) is 29.9 Å². The number of carbonyl (C=O) groups excluding carboxylic acids is 1. The number of sulfonamides is 1. The van der Waals surface area contributed by atoms with Crippen molar-refractivity contribution < 1.29 is 31.8 Å². The van der Waals surface area contributed by atoms with Crippen molar-refractivity contribution in [3.63, 3.8) is 0 Å². The van der Waals surface area contributed by atoms with Gasteiger partial charge in [-0.15, -0.1) is 0 Å². The number of rotatable bonds is 3. The lowest BCUT2D eigenvalue weighted by molar-refractivity contribution is 0.0288. The highest BCUT2D eigenvalue weighted by atomic mass is 32.2. The van der Waals surface area contributed by atoms with Gasteiger partial charge in [0.1, 0.15) is 29.0 Å². The highest BCUT2D eigenvalue weighted by Gasteiger charge is 2.39. The average Bonchev–Trinajstić information content (AvgIpc) is 2.91. The van der Waals surface area contributed by atoms with Gasteiger partial charge in [-0.2, -0.15) is 5.26 Å². The summed E-state index contributed by atoms with van der Waals surface area (Å²) in [6.45, 7) is 2.53. The van der Waals surface area contributed by atoms with E-state index in [1.807, 2.05) is 0 Å². The Morgan fingerprint density at radius 1 is 1.43 bits per heavy atom. The predicted octanol–water partition coefficient (Wildman–Crippen LogP) is 1.24. The summed E-state index contributed by atoms with van der Waals surface area (Å²) >= 11 is 0. The number of halogens is 2. The summed E-state index contributed by atoms with van der Waals surface area (Å²) in [6, 6.07) is 2.13. The third-order valence-electron chi connectivity index (χ3n) is 4.60. The molecule has 1 aromatic heterocycles. The Labute approximate surface area is 170 Å². The number of anilines is 1. The molecule has 2 aromatic rings. The number of amides is 1. The molecule has 1 aromatic carbocycles. The Morgan fingerprint density at radius 2 is 2.10 bits per heavy atom. The molecule has 1 amide bonds. The molecule has 1 aliphatic rings. The largest absolute Gasteiger partial charge is 0.488 e. The molecule has 0 fully saturated rings. The second-order valence-electron chi connectivity index (χ2n) is 7.27. The van der Waals surface area contributed by atoms with Gasteiger partial charge >= 0.3 is 0 Å². The van der Waals surface area contributed by atoms with E-state index in [0.717, 1.165) is 18.3 Å². The Kier molecular flexibility index (Phi) is 5.32. The number of fused-ring (bicyclic) bond motifs is 1. The molecular weight excluding hydrogens is 422 g/mol. The maximum Gasteiger partial charge on any atom is 0.276 e. The topological polar surface area (TPSA) is 133 Å². The maximum absolute atomic E-state index is 14.3. The van der Waals surface area contributed by atoms with Gasteiger partial charge in [-0.1, -0.05) is 0 Å². The second-order valence-corrected chi connectivity index (χ2v) is 8.95. The number of benzene rings is 1. The molecule has 1 aliphatic heterocycles. The van der Waals surface area contributed by atoms with Crippen molar-refractivity contribution in [3.8, 4) is 11.8 Å². The number of aliphatic hydroxyl groups is 1. The lowest BCUT2D eigenvalue weighted by Gasteiger charge is -2.27. The minimum absolute atomic E-state index is 0.242. The minimum atomic E-state index is -4.15. The molecule has 1 atom stereocenters. The second kappa shape index (κ2) is 7.35. The van der Waals surface area contributed by atoms with Gasteiger partial charge in [-0.3, -0.25) is 4.79 Å². The summed E-state index contributed by atoms with van der Waals surface area (Å²) in [4.78, 5) is 12.5. The summed E-state index contributed by atoms with van der Waals surface area (Å²) in [7, 11) is -2.76. The van der Waals surface area contributed by atoms with Crippen LogP contribution in [-0.4, -0.2) is 42.2 Å². The molecule has 0 spiro atoms. The third kappa shape index (κ3) is 3.74. The van der Waals surface area contributed by atoms with Gasteiger partial charge in [-0.25, -0.2) is 21.9 Å². The normalized spacial score (nSPS) is 18.0. The molecule has 0 aliphatic carbocycles. The number of hydrogen-bond donors (Lipinski definition) is 3. The number of carbonyl (C=O) groups is 1. The fourth-order valence-electron chi connectivity index (χ4n) is 2.90. The number of nitrogens with zero attached hydrogens (tertiary/aromatic N) is 2. The molecule has 1 unspecified atom stereocenters. The molecule has 0 saturated heterocycles. The fraction of sp³-hybridized carbons (Fsp3) is 0.333. The highest BCUT2D eigenvalue weighted by molar-refractivity contribution is 7.89. The maximum atomic E-state index is 14.3. The van der Waals surface area contributed by atoms with E-state index in [0.29, 0.717) is 0 Å². The van der Waals surface area contributed by atoms with Crippen LogP contribution in [0.3, 0.4) is 0 Å². The first-order valence-electron chi connectivity index (χ1n) is 8.63.